The fraction of sp³-hybridized carbons (Fsp3) is 0.0952. The lowest BCUT2D eigenvalue weighted by Gasteiger charge is -2.09. The molecule has 0 aliphatic carbocycles. The molecule has 0 saturated heterocycles. The first-order valence-corrected chi connectivity index (χ1v) is 8.80. The van der Waals surface area contributed by atoms with Gasteiger partial charge in [-0.1, -0.05) is 12.1 Å². The summed E-state index contributed by atoms with van der Waals surface area (Å²) in [5, 5.41) is 13.0. The van der Waals surface area contributed by atoms with E-state index in [1.807, 2.05) is 0 Å². The summed E-state index contributed by atoms with van der Waals surface area (Å²) >= 11 is 0. The normalized spacial score (nSPS) is 10.9. The van der Waals surface area contributed by atoms with Crippen molar-refractivity contribution in [3.05, 3.63) is 93.5 Å². The van der Waals surface area contributed by atoms with Crippen molar-refractivity contribution in [2.24, 2.45) is 0 Å². The second kappa shape index (κ2) is 7.59. The fourth-order valence-electron chi connectivity index (χ4n) is 3.02. The van der Waals surface area contributed by atoms with Gasteiger partial charge in [0, 0.05) is 6.20 Å². The van der Waals surface area contributed by atoms with Crippen LogP contribution < -0.4 is 10.9 Å². The van der Waals surface area contributed by atoms with Crippen molar-refractivity contribution in [3.8, 4) is 5.75 Å². The van der Waals surface area contributed by atoms with E-state index in [2.05, 4.69) is 15.3 Å². The van der Waals surface area contributed by atoms with Crippen LogP contribution in [0.4, 0.5) is 4.39 Å². The molecule has 0 atom stereocenters. The monoisotopic (exact) mass is 393 g/mol. The van der Waals surface area contributed by atoms with Crippen LogP contribution in [0.1, 0.15) is 27.2 Å². The van der Waals surface area contributed by atoms with Gasteiger partial charge in [0.1, 0.15) is 22.7 Å². The molecular weight excluding hydrogens is 377 g/mol. The van der Waals surface area contributed by atoms with Crippen LogP contribution in [0.3, 0.4) is 0 Å². The lowest BCUT2D eigenvalue weighted by Crippen LogP contribution is -2.29. The average molecular weight is 393 g/mol. The number of aromatic amines is 1. The molecule has 3 aromatic heterocycles. The third kappa shape index (κ3) is 3.86. The minimum atomic E-state index is -0.737. The first-order chi connectivity index (χ1) is 14.0. The Bertz CT molecular complexity index is 1230. The maximum Gasteiger partial charge on any atom is 0.265 e. The quantitative estimate of drug-likeness (QED) is 0.483. The Hall–Kier alpha value is -3.94. The van der Waals surface area contributed by atoms with Crippen molar-refractivity contribution < 1.29 is 18.7 Å². The smallest absolute Gasteiger partial charge is 0.265 e. The molecule has 1 amide bonds. The van der Waals surface area contributed by atoms with E-state index >= 15 is 0 Å². The highest BCUT2D eigenvalue weighted by atomic mass is 19.1. The summed E-state index contributed by atoms with van der Waals surface area (Å²) in [7, 11) is 0. The Morgan fingerprint density at radius 1 is 1.21 bits per heavy atom. The molecule has 0 saturated carbocycles. The predicted molar refractivity (Wildman–Crippen MR) is 103 cm³/mol. The molecule has 0 bridgehead atoms. The van der Waals surface area contributed by atoms with Crippen molar-refractivity contribution in [3.63, 3.8) is 0 Å². The number of benzene rings is 1. The number of aromatic nitrogens is 2. The standard InChI is InChI=1S/C21H16FN3O4/c22-14-5-3-12(4-6-14)8-13-9-16-18(23-10-13)19(26)17(21(28)25-16)20(27)24-11-15-2-1-7-29-15/h1-7,9-10H,8,11H2,(H,24,27)(H2,25,26,28). The number of H-pyrrole nitrogens is 1. The number of nitrogens with one attached hydrogen (secondary N) is 2. The molecule has 0 aliphatic heterocycles. The van der Waals surface area contributed by atoms with Gasteiger partial charge >= 0.3 is 0 Å². The van der Waals surface area contributed by atoms with Crippen molar-refractivity contribution in [1.82, 2.24) is 15.3 Å². The van der Waals surface area contributed by atoms with Gasteiger partial charge in [0.25, 0.3) is 11.5 Å². The van der Waals surface area contributed by atoms with Gasteiger partial charge in [-0.15, -0.1) is 0 Å². The minimum absolute atomic E-state index is 0.0762. The van der Waals surface area contributed by atoms with Crippen LogP contribution in [-0.2, 0) is 13.0 Å². The summed E-state index contributed by atoms with van der Waals surface area (Å²) in [5.74, 6) is -1.04. The van der Waals surface area contributed by atoms with Crippen molar-refractivity contribution in [1.29, 1.82) is 0 Å². The Labute approximate surface area is 163 Å². The first-order valence-electron chi connectivity index (χ1n) is 8.80. The maximum atomic E-state index is 13.0. The summed E-state index contributed by atoms with van der Waals surface area (Å²) in [6.07, 6.45) is 3.47. The number of furan rings is 1. The maximum absolute atomic E-state index is 13.0. The molecule has 4 aromatic rings. The molecule has 7 nitrogen and oxygen atoms in total. The summed E-state index contributed by atoms with van der Waals surface area (Å²) in [5.41, 5.74) is 0.892. The molecule has 1 aromatic carbocycles. The lowest BCUT2D eigenvalue weighted by atomic mass is 10.1. The van der Waals surface area contributed by atoms with Crippen LogP contribution in [0.5, 0.6) is 5.75 Å². The second-order valence-electron chi connectivity index (χ2n) is 6.48. The summed E-state index contributed by atoms with van der Waals surface area (Å²) in [6.45, 7) is 0.0762. The Kier molecular flexibility index (Phi) is 4.82. The first kappa shape index (κ1) is 18.4. The van der Waals surface area contributed by atoms with Gasteiger partial charge in [-0.2, -0.15) is 0 Å². The molecular formula is C21H16FN3O4. The van der Waals surface area contributed by atoms with Gasteiger partial charge in [-0.05, 0) is 47.9 Å². The van der Waals surface area contributed by atoms with Gasteiger partial charge in [0.05, 0.1) is 18.3 Å². The zero-order valence-electron chi connectivity index (χ0n) is 15.1. The molecule has 0 fully saturated rings. The van der Waals surface area contributed by atoms with Crippen molar-refractivity contribution in [2.45, 2.75) is 13.0 Å². The lowest BCUT2D eigenvalue weighted by molar-refractivity contribution is 0.0944. The van der Waals surface area contributed by atoms with E-state index in [1.54, 1.807) is 30.3 Å². The van der Waals surface area contributed by atoms with E-state index < -0.39 is 22.8 Å². The number of pyridine rings is 2. The molecule has 4 rings (SSSR count). The number of hydrogen-bond acceptors (Lipinski definition) is 5. The molecule has 0 spiro atoms. The average Bonchev–Trinajstić information content (AvgIpc) is 3.21. The Balaban J connectivity index is 1.62. The molecule has 3 N–H and O–H groups in total. The van der Waals surface area contributed by atoms with E-state index in [1.165, 1.54) is 24.6 Å². The van der Waals surface area contributed by atoms with E-state index in [9.17, 15) is 19.1 Å². The number of amides is 1. The van der Waals surface area contributed by atoms with Gasteiger partial charge < -0.3 is 19.8 Å². The van der Waals surface area contributed by atoms with Crippen LogP contribution in [-0.4, -0.2) is 21.0 Å². The predicted octanol–water partition coefficient (Wildman–Crippen LogP) is 2.88. The van der Waals surface area contributed by atoms with E-state index in [0.717, 1.165) is 11.1 Å². The summed E-state index contributed by atoms with van der Waals surface area (Å²) in [6, 6.07) is 11.1. The van der Waals surface area contributed by atoms with E-state index in [-0.39, 0.29) is 17.9 Å². The van der Waals surface area contributed by atoms with E-state index in [0.29, 0.717) is 17.7 Å². The van der Waals surface area contributed by atoms with Crippen LogP contribution >= 0.6 is 0 Å². The third-order valence-electron chi connectivity index (χ3n) is 4.43. The van der Waals surface area contributed by atoms with Crippen molar-refractivity contribution >= 4 is 16.9 Å². The number of carbonyl (C=O) groups is 1. The molecule has 146 valence electrons. The molecule has 0 unspecified atom stereocenters. The highest BCUT2D eigenvalue weighted by Crippen LogP contribution is 2.24. The van der Waals surface area contributed by atoms with Crippen LogP contribution in [0.15, 0.2) is 64.1 Å². The number of carbonyl (C=O) groups excluding carboxylic acids is 1. The third-order valence-corrected chi connectivity index (χ3v) is 4.43. The van der Waals surface area contributed by atoms with E-state index in [4.69, 9.17) is 4.42 Å². The van der Waals surface area contributed by atoms with Gasteiger partial charge in [0.2, 0.25) is 0 Å². The molecule has 3 heterocycles. The number of nitrogens with zero attached hydrogens (tertiary/aromatic N) is 1. The highest BCUT2D eigenvalue weighted by Gasteiger charge is 2.20. The van der Waals surface area contributed by atoms with Crippen LogP contribution in [0.25, 0.3) is 11.0 Å². The Morgan fingerprint density at radius 2 is 2.00 bits per heavy atom. The number of fused-ring (bicyclic) bond motifs is 1. The summed E-state index contributed by atoms with van der Waals surface area (Å²) in [4.78, 5) is 31.5. The Morgan fingerprint density at radius 3 is 2.72 bits per heavy atom. The zero-order valence-corrected chi connectivity index (χ0v) is 15.1. The number of hydrogen-bond donors (Lipinski definition) is 3. The number of aromatic hydroxyl groups is 1. The van der Waals surface area contributed by atoms with Crippen LogP contribution in [0.2, 0.25) is 0 Å². The summed E-state index contributed by atoms with van der Waals surface area (Å²) < 4.78 is 18.2. The van der Waals surface area contributed by atoms with Gasteiger partial charge in [0.15, 0.2) is 5.75 Å². The zero-order chi connectivity index (χ0) is 20.4. The number of halogens is 1. The second-order valence-corrected chi connectivity index (χ2v) is 6.48. The fourth-order valence-corrected chi connectivity index (χ4v) is 3.02. The van der Waals surface area contributed by atoms with Crippen molar-refractivity contribution in [2.75, 3.05) is 0 Å². The highest BCUT2D eigenvalue weighted by molar-refractivity contribution is 6.01. The largest absolute Gasteiger partial charge is 0.505 e. The van der Waals surface area contributed by atoms with Gasteiger partial charge in [-0.3, -0.25) is 14.6 Å². The molecule has 8 heteroatoms. The topological polar surface area (TPSA) is 108 Å². The van der Waals surface area contributed by atoms with Crippen LogP contribution in [0, 0.1) is 5.82 Å². The van der Waals surface area contributed by atoms with Gasteiger partial charge in [-0.25, -0.2) is 4.39 Å². The molecule has 0 radical (unpaired) electrons. The molecule has 29 heavy (non-hydrogen) atoms. The number of rotatable bonds is 5. The molecule has 0 aliphatic rings. The SMILES string of the molecule is O=C(NCc1ccco1)c1c(O)c2ncc(Cc3ccc(F)cc3)cc2[nH]c1=O. The minimum Gasteiger partial charge on any atom is -0.505 e.